The number of nitro groups is 1. The highest BCUT2D eigenvalue weighted by Crippen LogP contribution is 2.29. The molecule has 1 aromatic rings. The van der Waals surface area contributed by atoms with E-state index in [-0.39, 0.29) is 10.6 Å². The zero-order chi connectivity index (χ0) is 19.6. The molecule has 1 aliphatic heterocycles. The summed E-state index contributed by atoms with van der Waals surface area (Å²) in [6, 6.07) is 6.42. The van der Waals surface area contributed by atoms with Gasteiger partial charge in [-0.1, -0.05) is 32.3 Å². The Hall–Kier alpha value is -1.66. The number of anilines is 1. The Labute approximate surface area is 163 Å². The Morgan fingerprint density at radius 3 is 2.37 bits per heavy atom. The van der Waals surface area contributed by atoms with Crippen LogP contribution in [0, 0.1) is 17.0 Å². The summed E-state index contributed by atoms with van der Waals surface area (Å²) in [5, 5.41) is 22.5. The second-order valence-corrected chi connectivity index (χ2v) is 7.75. The average Bonchev–Trinajstić information content (AvgIpc) is 2.69. The van der Waals surface area contributed by atoms with Crippen LogP contribution in [0.1, 0.15) is 63.9 Å². The van der Waals surface area contributed by atoms with E-state index in [1.54, 1.807) is 12.1 Å². The average molecular weight is 378 g/mol. The Morgan fingerprint density at radius 2 is 1.81 bits per heavy atom. The lowest BCUT2D eigenvalue weighted by Gasteiger charge is -2.39. The summed E-state index contributed by atoms with van der Waals surface area (Å²) in [7, 11) is 0. The van der Waals surface area contributed by atoms with E-state index in [9.17, 15) is 10.1 Å². The molecule has 1 saturated heterocycles. The normalized spacial score (nSPS) is 19.2. The zero-order valence-corrected chi connectivity index (χ0v) is 16.8. The first-order valence-corrected chi connectivity index (χ1v) is 10.4. The molecule has 152 valence electrons. The zero-order valence-electron chi connectivity index (χ0n) is 16.8. The minimum atomic E-state index is -0.293. The Kier molecular flexibility index (Phi) is 9.01. The minimum absolute atomic E-state index is 0.185. The number of hydrogen-bond donors (Lipinski definition) is 2. The molecule has 1 saturated carbocycles. The predicted octanol–water partition coefficient (Wildman–Crippen LogP) is 4.50. The Balaban J connectivity index is 0.000000596. The number of aliphatic hydroxyl groups excluding tert-OH is 1. The third-order valence-electron chi connectivity index (χ3n) is 5.55. The van der Waals surface area contributed by atoms with Gasteiger partial charge in [0.1, 0.15) is 5.69 Å². The number of piperidine rings is 1. The van der Waals surface area contributed by atoms with Crippen molar-refractivity contribution in [3.63, 3.8) is 0 Å². The number of likely N-dealkylation sites (tertiary alicyclic amines) is 1. The molecular formula is C21H35N3O3. The minimum Gasteiger partial charge on any atom is -0.396 e. The second-order valence-electron chi connectivity index (χ2n) is 7.75. The highest BCUT2D eigenvalue weighted by atomic mass is 16.6. The lowest BCUT2D eigenvalue weighted by molar-refractivity contribution is -0.384. The maximum atomic E-state index is 11.2. The molecular weight excluding hydrogens is 342 g/mol. The van der Waals surface area contributed by atoms with Crippen LogP contribution < -0.4 is 5.32 Å². The number of aliphatic hydroxyl groups is 1. The van der Waals surface area contributed by atoms with Crippen molar-refractivity contribution < 1.29 is 10.0 Å². The summed E-state index contributed by atoms with van der Waals surface area (Å²) in [4.78, 5) is 13.5. The highest BCUT2D eigenvalue weighted by Gasteiger charge is 2.27. The first-order valence-electron chi connectivity index (χ1n) is 10.4. The van der Waals surface area contributed by atoms with E-state index >= 15 is 0 Å². The third-order valence-corrected chi connectivity index (χ3v) is 5.55. The van der Waals surface area contributed by atoms with Crippen molar-refractivity contribution >= 4 is 11.4 Å². The number of nitro benzene ring substituents is 1. The molecule has 6 nitrogen and oxygen atoms in total. The van der Waals surface area contributed by atoms with Gasteiger partial charge >= 0.3 is 0 Å². The first kappa shape index (κ1) is 21.6. The predicted molar refractivity (Wildman–Crippen MR) is 110 cm³/mol. The van der Waals surface area contributed by atoms with Gasteiger partial charge in [0.15, 0.2) is 0 Å². The van der Waals surface area contributed by atoms with Crippen LogP contribution >= 0.6 is 0 Å². The quantitative estimate of drug-likeness (QED) is 0.583. The maximum absolute atomic E-state index is 11.2. The van der Waals surface area contributed by atoms with E-state index in [0.717, 1.165) is 44.0 Å². The van der Waals surface area contributed by atoms with Crippen molar-refractivity contribution in [2.75, 3.05) is 25.0 Å². The molecule has 2 fully saturated rings. The third kappa shape index (κ3) is 6.78. The fourth-order valence-corrected chi connectivity index (χ4v) is 4.00. The molecule has 1 heterocycles. The van der Waals surface area contributed by atoms with Gasteiger partial charge in [0, 0.05) is 37.8 Å². The summed E-state index contributed by atoms with van der Waals surface area (Å²) in [5.41, 5.74) is 1.91. The lowest BCUT2D eigenvalue weighted by Crippen LogP contribution is -2.45. The van der Waals surface area contributed by atoms with E-state index in [4.69, 9.17) is 5.11 Å². The molecule has 0 amide bonds. The SMILES string of the molecule is CCCO.Cc1ccc([N+](=O)[O-])c(NC2CCN(C3CCCCC3)CC2)c1. The van der Waals surface area contributed by atoms with E-state index in [0.29, 0.717) is 18.3 Å². The topological polar surface area (TPSA) is 78.6 Å². The monoisotopic (exact) mass is 377 g/mol. The molecule has 1 aliphatic carbocycles. The highest BCUT2D eigenvalue weighted by molar-refractivity contribution is 5.63. The van der Waals surface area contributed by atoms with Crippen molar-refractivity contribution in [3.05, 3.63) is 33.9 Å². The van der Waals surface area contributed by atoms with Gasteiger partial charge in [0.05, 0.1) is 4.92 Å². The van der Waals surface area contributed by atoms with Gasteiger partial charge in [0.25, 0.3) is 5.69 Å². The number of rotatable bonds is 5. The first-order chi connectivity index (χ1) is 13.0. The molecule has 0 radical (unpaired) electrons. The number of aryl methyl sites for hydroxylation is 1. The van der Waals surface area contributed by atoms with E-state index in [2.05, 4.69) is 10.2 Å². The van der Waals surface area contributed by atoms with Crippen LogP contribution in [0.3, 0.4) is 0 Å². The van der Waals surface area contributed by atoms with Crippen molar-refractivity contribution in [2.24, 2.45) is 0 Å². The second kappa shape index (κ2) is 11.2. The molecule has 0 bridgehead atoms. The van der Waals surface area contributed by atoms with Crippen molar-refractivity contribution in [3.8, 4) is 0 Å². The number of nitrogens with zero attached hydrogens (tertiary/aromatic N) is 2. The van der Waals surface area contributed by atoms with E-state index in [1.165, 1.54) is 32.1 Å². The van der Waals surface area contributed by atoms with Crippen LogP contribution in [0.4, 0.5) is 11.4 Å². The molecule has 6 heteroatoms. The van der Waals surface area contributed by atoms with Crippen LogP contribution in [-0.4, -0.2) is 46.7 Å². The number of hydrogen-bond acceptors (Lipinski definition) is 5. The molecule has 2 N–H and O–H groups in total. The van der Waals surface area contributed by atoms with Crippen molar-refractivity contribution in [1.29, 1.82) is 0 Å². The van der Waals surface area contributed by atoms with Crippen LogP contribution in [0.15, 0.2) is 18.2 Å². The summed E-state index contributed by atoms with van der Waals surface area (Å²) in [6.45, 7) is 6.45. The van der Waals surface area contributed by atoms with Crippen molar-refractivity contribution in [2.45, 2.75) is 77.3 Å². The molecule has 27 heavy (non-hydrogen) atoms. The van der Waals surface area contributed by atoms with Crippen LogP contribution in [0.5, 0.6) is 0 Å². The number of nitrogens with one attached hydrogen (secondary N) is 1. The lowest BCUT2D eigenvalue weighted by atomic mass is 9.92. The van der Waals surface area contributed by atoms with Gasteiger partial charge in [-0.3, -0.25) is 10.1 Å². The van der Waals surface area contributed by atoms with Gasteiger partial charge in [-0.15, -0.1) is 0 Å². The Bertz CT molecular complexity index is 578. The van der Waals surface area contributed by atoms with Gasteiger partial charge in [-0.25, -0.2) is 0 Å². The molecule has 2 aliphatic rings. The largest absolute Gasteiger partial charge is 0.396 e. The molecule has 0 aromatic heterocycles. The summed E-state index contributed by atoms with van der Waals surface area (Å²) < 4.78 is 0. The maximum Gasteiger partial charge on any atom is 0.292 e. The van der Waals surface area contributed by atoms with Crippen LogP contribution in [0.2, 0.25) is 0 Å². The van der Waals surface area contributed by atoms with Gasteiger partial charge in [-0.2, -0.15) is 0 Å². The van der Waals surface area contributed by atoms with E-state index < -0.39 is 0 Å². The summed E-state index contributed by atoms with van der Waals surface area (Å²) in [6.07, 6.45) is 9.86. The molecule has 0 unspecified atom stereocenters. The van der Waals surface area contributed by atoms with Crippen molar-refractivity contribution in [1.82, 2.24) is 4.90 Å². The molecule has 3 rings (SSSR count). The summed E-state index contributed by atoms with van der Waals surface area (Å²) in [5.74, 6) is 0. The fraction of sp³-hybridized carbons (Fsp3) is 0.714. The van der Waals surface area contributed by atoms with Crippen LogP contribution in [0.25, 0.3) is 0 Å². The Morgan fingerprint density at radius 1 is 1.19 bits per heavy atom. The van der Waals surface area contributed by atoms with Crippen LogP contribution in [-0.2, 0) is 0 Å². The number of benzene rings is 1. The van der Waals surface area contributed by atoms with Gasteiger partial charge in [0.2, 0.25) is 0 Å². The molecule has 0 atom stereocenters. The van der Waals surface area contributed by atoms with Gasteiger partial charge in [-0.05, 0) is 50.7 Å². The van der Waals surface area contributed by atoms with E-state index in [1.807, 2.05) is 19.9 Å². The fourth-order valence-electron chi connectivity index (χ4n) is 4.00. The smallest absolute Gasteiger partial charge is 0.292 e. The standard InChI is InChI=1S/C18H27N3O2.C3H8O/c1-14-7-8-18(21(22)23)17(13-14)19-15-9-11-20(12-10-15)16-5-3-2-4-6-16;1-2-3-4/h7-8,13,15-16,19H,2-6,9-12H2,1H3;4H,2-3H2,1H3. The summed E-state index contributed by atoms with van der Waals surface area (Å²) >= 11 is 0. The molecule has 0 spiro atoms. The molecule has 1 aromatic carbocycles. The van der Waals surface area contributed by atoms with Gasteiger partial charge < -0.3 is 15.3 Å².